The Hall–Kier alpha value is -1.62. The van der Waals surface area contributed by atoms with Crippen LogP contribution in [-0.2, 0) is 0 Å². The van der Waals surface area contributed by atoms with Gasteiger partial charge in [0.05, 0.1) is 5.69 Å². The van der Waals surface area contributed by atoms with E-state index in [-0.39, 0.29) is 0 Å². The maximum absolute atomic E-state index is 5.37. The van der Waals surface area contributed by atoms with Crippen LogP contribution in [0.15, 0.2) is 30.3 Å². The largest absolute Gasteiger partial charge is 0.340 e. The Morgan fingerprint density at radius 2 is 2.00 bits per heavy atom. The molecule has 3 rings (SSSR count). The van der Waals surface area contributed by atoms with Gasteiger partial charge in [-0.05, 0) is 36.2 Å². The van der Waals surface area contributed by atoms with Crippen LogP contribution in [-0.4, -0.2) is 27.9 Å². The summed E-state index contributed by atoms with van der Waals surface area (Å²) in [5, 5.41) is 7.33. The fraction of sp³-hybridized carbons (Fsp3) is 0.429. The van der Waals surface area contributed by atoms with Crippen LogP contribution in [0, 0.1) is 10.2 Å². The number of aromatic amines is 1. The monoisotopic (exact) mass is 274 g/mol. The van der Waals surface area contributed by atoms with Gasteiger partial charge in [0, 0.05) is 13.1 Å². The highest BCUT2D eigenvalue weighted by Crippen LogP contribution is 2.32. The molecule has 1 N–H and O–H groups in total. The molecule has 2 heterocycles. The van der Waals surface area contributed by atoms with Crippen LogP contribution in [0.5, 0.6) is 0 Å². The first-order chi connectivity index (χ1) is 9.07. The van der Waals surface area contributed by atoms with Crippen LogP contribution in [0.3, 0.4) is 0 Å². The smallest absolute Gasteiger partial charge is 0.230 e. The minimum atomic E-state index is 0.342. The van der Waals surface area contributed by atoms with Gasteiger partial charge in [-0.15, -0.1) is 5.10 Å². The molecule has 0 spiro atoms. The predicted octanol–water partition coefficient (Wildman–Crippen LogP) is 3.17. The van der Waals surface area contributed by atoms with Crippen molar-refractivity contribution in [1.29, 1.82) is 0 Å². The first-order valence-corrected chi connectivity index (χ1v) is 6.95. The summed E-state index contributed by atoms with van der Waals surface area (Å²) in [4.78, 5) is 2.30. The normalized spacial score (nSPS) is 17.9. The fourth-order valence-electron chi connectivity index (χ4n) is 2.59. The van der Waals surface area contributed by atoms with E-state index in [1.807, 2.05) is 22.8 Å². The third-order valence-electron chi connectivity index (χ3n) is 3.63. The molecule has 4 nitrogen and oxygen atoms in total. The number of aromatic nitrogens is 3. The number of nitrogens with one attached hydrogen (secondary N) is 1. The van der Waals surface area contributed by atoms with Crippen LogP contribution < -0.4 is 4.90 Å². The van der Waals surface area contributed by atoms with Gasteiger partial charge in [0.2, 0.25) is 10.7 Å². The van der Waals surface area contributed by atoms with Crippen molar-refractivity contribution in [3.05, 3.63) is 35.1 Å². The molecule has 100 valence electrons. The van der Waals surface area contributed by atoms with Crippen LogP contribution in [0.1, 0.15) is 20.3 Å². The zero-order chi connectivity index (χ0) is 13.5. The van der Waals surface area contributed by atoms with Gasteiger partial charge in [-0.2, -0.15) is 0 Å². The predicted molar refractivity (Wildman–Crippen MR) is 79.4 cm³/mol. The summed E-state index contributed by atoms with van der Waals surface area (Å²) in [5.74, 6) is 0.918. The molecule has 1 aromatic carbocycles. The zero-order valence-corrected chi connectivity index (χ0v) is 12.1. The number of para-hydroxylation sites is 1. The van der Waals surface area contributed by atoms with E-state index in [2.05, 4.69) is 41.1 Å². The molecule has 0 radical (unpaired) electrons. The molecule has 1 aromatic heterocycles. The lowest BCUT2D eigenvalue weighted by Gasteiger charge is -2.21. The first-order valence-electron chi connectivity index (χ1n) is 6.55. The Kier molecular flexibility index (Phi) is 2.93. The number of anilines is 1. The second-order valence-corrected chi connectivity index (χ2v) is 6.22. The molecule has 0 amide bonds. The Balaban J connectivity index is 2.03. The number of hydrogen-bond acceptors (Lipinski definition) is 3. The fourth-order valence-corrected chi connectivity index (χ4v) is 2.83. The van der Waals surface area contributed by atoms with Crippen LogP contribution in [0.25, 0.3) is 5.69 Å². The highest BCUT2D eigenvalue weighted by atomic mass is 32.1. The van der Waals surface area contributed by atoms with Gasteiger partial charge in [-0.3, -0.25) is 4.57 Å². The lowest BCUT2D eigenvalue weighted by molar-refractivity contribution is 0.418. The number of rotatable bonds is 2. The maximum Gasteiger partial charge on any atom is 0.230 e. The Labute approximate surface area is 118 Å². The van der Waals surface area contributed by atoms with Gasteiger partial charge < -0.3 is 4.90 Å². The molecular formula is C14H18N4S. The molecule has 0 atom stereocenters. The van der Waals surface area contributed by atoms with E-state index in [4.69, 9.17) is 12.2 Å². The number of hydrogen-bond donors (Lipinski definition) is 1. The lowest BCUT2D eigenvalue weighted by Crippen LogP contribution is -2.25. The molecule has 0 bridgehead atoms. The van der Waals surface area contributed by atoms with Crippen molar-refractivity contribution in [2.75, 3.05) is 18.0 Å². The minimum absolute atomic E-state index is 0.342. The van der Waals surface area contributed by atoms with Gasteiger partial charge in [0.15, 0.2) is 0 Å². The topological polar surface area (TPSA) is 36.9 Å². The van der Waals surface area contributed by atoms with E-state index >= 15 is 0 Å². The van der Waals surface area contributed by atoms with Crippen molar-refractivity contribution in [2.45, 2.75) is 20.3 Å². The molecule has 1 saturated heterocycles. The molecule has 0 unspecified atom stereocenters. The molecule has 0 aliphatic carbocycles. The average molecular weight is 274 g/mol. The van der Waals surface area contributed by atoms with E-state index in [1.165, 1.54) is 6.42 Å². The van der Waals surface area contributed by atoms with Gasteiger partial charge in [-0.25, -0.2) is 5.10 Å². The summed E-state index contributed by atoms with van der Waals surface area (Å²) in [7, 11) is 0. The average Bonchev–Trinajstić information content (AvgIpc) is 2.93. The quantitative estimate of drug-likeness (QED) is 0.855. The van der Waals surface area contributed by atoms with Crippen molar-refractivity contribution in [2.24, 2.45) is 5.41 Å². The van der Waals surface area contributed by atoms with Gasteiger partial charge in [0.1, 0.15) is 0 Å². The molecule has 0 saturated carbocycles. The Morgan fingerprint density at radius 3 is 2.63 bits per heavy atom. The maximum atomic E-state index is 5.37. The van der Waals surface area contributed by atoms with E-state index in [0.717, 1.165) is 24.7 Å². The Bertz CT molecular complexity index is 626. The molecule has 5 heteroatoms. The van der Waals surface area contributed by atoms with Crippen molar-refractivity contribution < 1.29 is 0 Å². The molecule has 1 aliphatic rings. The van der Waals surface area contributed by atoms with E-state index in [1.54, 1.807) is 0 Å². The van der Waals surface area contributed by atoms with Gasteiger partial charge >= 0.3 is 0 Å². The summed E-state index contributed by atoms with van der Waals surface area (Å²) >= 11 is 5.37. The van der Waals surface area contributed by atoms with Crippen molar-refractivity contribution in [3.8, 4) is 5.69 Å². The summed E-state index contributed by atoms with van der Waals surface area (Å²) in [5.41, 5.74) is 1.40. The summed E-state index contributed by atoms with van der Waals surface area (Å²) < 4.78 is 2.66. The number of nitrogens with zero attached hydrogens (tertiary/aromatic N) is 3. The second-order valence-electron chi connectivity index (χ2n) is 5.84. The minimum Gasteiger partial charge on any atom is -0.340 e. The lowest BCUT2D eigenvalue weighted by atomic mass is 9.93. The summed E-state index contributed by atoms with van der Waals surface area (Å²) in [6, 6.07) is 10.1. The highest BCUT2D eigenvalue weighted by Gasteiger charge is 2.31. The molecular weight excluding hydrogens is 256 g/mol. The third-order valence-corrected chi connectivity index (χ3v) is 3.90. The summed E-state index contributed by atoms with van der Waals surface area (Å²) in [6.45, 7) is 6.63. The highest BCUT2D eigenvalue weighted by molar-refractivity contribution is 7.71. The first kappa shape index (κ1) is 12.4. The zero-order valence-electron chi connectivity index (χ0n) is 11.3. The van der Waals surface area contributed by atoms with Crippen molar-refractivity contribution in [3.63, 3.8) is 0 Å². The number of H-pyrrole nitrogens is 1. The van der Waals surface area contributed by atoms with Crippen LogP contribution in [0.2, 0.25) is 0 Å². The van der Waals surface area contributed by atoms with Crippen molar-refractivity contribution >= 4 is 18.2 Å². The van der Waals surface area contributed by atoms with Gasteiger partial charge in [0.25, 0.3) is 0 Å². The number of benzene rings is 1. The van der Waals surface area contributed by atoms with E-state index in [0.29, 0.717) is 10.2 Å². The van der Waals surface area contributed by atoms with Crippen molar-refractivity contribution in [1.82, 2.24) is 14.8 Å². The SMILES string of the molecule is CC1(C)CCN(c2n[nH]c(=S)n2-c2ccccc2)C1. The van der Waals surface area contributed by atoms with Gasteiger partial charge in [-0.1, -0.05) is 32.0 Å². The van der Waals surface area contributed by atoms with Crippen LogP contribution in [0.4, 0.5) is 5.95 Å². The van der Waals surface area contributed by atoms with E-state index < -0.39 is 0 Å². The molecule has 19 heavy (non-hydrogen) atoms. The standard InChI is InChI=1S/C14H18N4S/c1-14(2)8-9-17(10-14)12-15-16-13(19)18(12)11-6-4-3-5-7-11/h3-7H,8-10H2,1-2H3,(H,16,19). The molecule has 1 fully saturated rings. The molecule has 2 aromatic rings. The van der Waals surface area contributed by atoms with E-state index in [9.17, 15) is 0 Å². The Morgan fingerprint density at radius 1 is 1.26 bits per heavy atom. The third kappa shape index (κ3) is 2.30. The summed E-state index contributed by atoms with van der Waals surface area (Å²) in [6.07, 6.45) is 1.18. The molecule has 1 aliphatic heterocycles. The van der Waals surface area contributed by atoms with Crippen LogP contribution >= 0.6 is 12.2 Å². The second kappa shape index (κ2) is 4.49.